The third-order valence-electron chi connectivity index (χ3n) is 3.63. The lowest BCUT2D eigenvalue weighted by Gasteiger charge is -2.17. The Morgan fingerprint density at radius 3 is 2.35 bits per heavy atom. The maximum absolute atomic E-state index is 11.6. The predicted octanol–water partition coefficient (Wildman–Crippen LogP) is 1.91. The van der Waals surface area contributed by atoms with E-state index in [1.165, 1.54) is 4.31 Å². The van der Waals surface area contributed by atoms with E-state index in [4.69, 9.17) is 4.74 Å². The van der Waals surface area contributed by atoms with Crippen LogP contribution in [0.4, 0.5) is 0 Å². The summed E-state index contributed by atoms with van der Waals surface area (Å²) in [5.41, 5.74) is 0. The molecule has 150 valence electrons. The van der Waals surface area contributed by atoms with Crippen LogP contribution in [-0.4, -0.2) is 64.8 Å². The molecule has 1 rings (SSSR count). The van der Waals surface area contributed by atoms with Gasteiger partial charge in [-0.25, -0.2) is 12.7 Å². The summed E-state index contributed by atoms with van der Waals surface area (Å²) in [4.78, 5) is 4.15. The summed E-state index contributed by atoms with van der Waals surface area (Å²) in [5, 5.41) is 6.39. The Balaban J connectivity index is 0.00000625. The van der Waals surface area contributed by atoms with Crippen molar-refractivity contribution >= 4 is 40.0 Å². The van der Waals surface area contributed by atoms with E-state index >= 15 is 0 Å². The molecule has 0 heterocycles. The van der Waals surface area contributed by atoms with Crippen LogP contribution in [0.2, 0.25) is 0 Å². The number of aliphatic imine (C=N–C) groups is 1. The molecule has 0 atom stereocenters. The van der Waals surface area contributed by atoms with Crippen LogP contribution in [-0.2, 0) is 10.0 Å². The standard InChI is InChI=1S/C17H30N4O3S.HI/c1-4-25(22,23)21(3)14-8-12-19-17(18-2)20-13-9-15-24-16-10-6-5-7-11-16;/h5-7,10-11H,4,8-9,12-15H2,1-3H3,(H2,18,19,20);1H. The van der Waals surface area contributed by atoms with E-state index in [0.29, 0.717) is 32.1 Å². The molecule has 0 aliphatic carbocycles. The molecule has 1 aromatic rings. The van der Waals surface area contributed by atoms with Gasteiger partial charge in [0.2, 0.25) is 10.0 Å². The van der Waals surface area contributed by atoms with Gasteiger partial charge < -0.3 is 15.4 Å². The molecule has 7 nitrogen and oxygen atoms in total. The van der Waals surface area contributed by atoms with Gasteiger partial charge in [0, 0.05) is 33.7 Å². The number of sulfonamides is 1. The van der Waals surface area contributed by atoms with Crippen molar-refractivity contribution in [3.05, 3.63) is 30.3 Å². The second-order valence-electron chi connectivity index (χ2n) is 5.52. The van der Waals surface area contributed by atoms with Crippen LogP contribution in [0, 0.1) is 0 Å². The fourth-order valence-electron chi connectivity index (χ4n) is 2.07. The van der Waals surface area contributed by atoms with Crippen LogP contribution in [0.15, 0.2) is 35.3 Å². The molecule has 0 radical (unpaired) electrons. The molecule has 0 amide bonds. The first-order valence-corrected chi connectivity index (χ1v) is 10.2. The topological polar surface area (TPSA) is 83.0 Å². The molecular weight excluding hydrogens is 467 g/mol. The molecule has 0 bridgehead atoms. The highest BCUT2D eigenvalue weighted by Crippen LogP contribution is 2.07. The van der Waals surface area contributed by atoms with Crippen molar-refractivity contribution in [3.63, 3.8) is 0 Å². The highest BCUT2D eigenvalue weighted by molar-refractivity contribution is 14.0. The molecule has 0 spiro atoms. The minimum atomic E-state index is -3.10. The van der Waals surface area contributed by atoms with Crippen molar-refractivity contribution in [2.45, 2.75) is 19.8 Å². The maximum Gasteiger partial charge on any atom is 0.213 e. The number of benzene rings is 1. The molecule has 2 N–H and O–H groups in total. The van der Waals surface area contributed by atoms with Crippen molar-refractivity contribution in [3.8, 4) is 5.75 Å². The van der Waals surface area contributed by atoms with Crippen LogP contribution in [0.1, 0.15) is 19.8 Å². The fraction of sp³-hybridized carbons (Fsp3) is 0.588. The van der Waals surface area contributed by atoms with E-state index in [1.54, 1.807) is 21.0 Å². The van der Waals surface area contributed by atoms with Crippen LogP contribution < -0.4 is 15.4 Å². The number of hydrogen-bond donors (Lipinski definition) is 2. The lowest BCUT2D eigenvalue weighted by Crippen LogP contribution is -2.39. The highest BCUT2D eigenvalue weighted by atomic mass is 127. The number of nitrogens with one attached hydrogen (secondary N) is 2. The molecular formula is C17H31IN4O3S. The average Bonchev–Trinajstić information content (AvgIpc) is 2.63. The summed E-state index contributed by atoms with van der Waals surface area (Å²) in [6.07, 6.45) is 1.57. The first-order valence-electron chi connectivity index (χ1n) is 8.56. The van der Waals surface area contributed by atoms with Gasteiger partial charge in [-0.3, -0.25) is 4.99 Å². The molecule has 9 heteroatoms. The highest BCUT2D eigenvalue weighted by Gasteiger charge is 2.13. The molecule has 0 fully saturated rings. The average molecular weight is 498 g/mol. The van der Waals surface area contributed by atoms with Gasteiger partial charge in [-0.15, -0.1) is 24.0 Å². The summed E-state index contributed by atoms with van der Waals surface area (Å²) < 4.78 is 30.3. The number of halogens is 1. The van der Waals surface area contributed by atoms with Crippen LogP contribution in [0.5, 0.6) is 5.75 Å². The van der Waals surface area contributed by atoms with Crippen molar-refractivity contribution < 1.29 is 13.2 Å². The quantitative estimate of drug-likeness (QED) is 0.211. The maximum atomic E-state index is 11.6. The minimum Gasteiger partial charge on any atom is -0.494 e. The lowest BCUT2D eigenvalue weighted by molar-refractivity contribution is 0.311. The summed E-state index contributed by atoms with van der Waals surface area (Å²) in [6.45, 7) is 4.18. The third-order valence-corrected chi connectivity index (χ3v) is 5.49. The number of para-hydroxylation sites is 1. The van der Waals surface area contributed by atoms with Gasteiger partial charge in [0.05, 0.1) is 12.4 Å². The van der Waals surface area contributed by atoms with E-state index < -0.39 is 10.0 Å². The zero-order chi connectivity index (χ0) is 18.5. The molecule has 1 aromatic carbocycles. The molecule has 0 unspecified atom stereocenters. The van der Waals surface area contributed by atoms with E-state index in [-0.39, 0.29) is 29.7 Å². The Morgan fingerprint density at radius 1 is 1.15 bits per heavy atom. The van der Waals surface area contributed by atoms with Crippen LogP contribution in [0.25, 0.3) is 0 Å². The van der Waals surface area contributed by atoms with E-state index in [2.05, 4.69) is 15.6 Å². The zero-order valence-corrected chi connectivity index (χ0v) is 18.9. The lowest BCUT2D eigenvalue weighted by atomic mass is 10.3. The van der Waals surface area contributed by atoms with Gasteiger partial charge >= 0.3 is 0 Å². The number of guanidine groups is 1. The molecule has 0 saturated carbocycles. The van der Waals surface area contributed by atoms with Gasteiger partial charge in [0.25, 0.3) is 0 Å². The monoisotopic (exact) mass is 498 g/mol. The number of rotatable bonds is 11. The van der Waals surface area contributed by atoms with Gasteiger partial charge in [0.1, 0.15) is 5.75 Å². The van der Waals surface area contributed by atoms with E-state index in [0.717, 1.165) is 18.7 Å². The number of hydrogen-bond acceptors (Lipinski definition) is 4. The Bertz CT molecular complexity index is 612. The second kappa shape index (κ2) is 14.0. The molecule has 0 aliphatic rings. The Labute approximate surface area is 174 Å². The van der Waals surface area contributed by atoms with Crippen LogP contribution in [0.3, 0.4) is 0 Å². The van der Waals surface area contributed by atoms with Crippen molar-refractivity contribution in [1.29, 1.82) is 0 Å². The molecule has 0 aromatic heterocycles. The smallest absolute Gasteiger partial charge is 0.213 e. The largest absolute Gasteiger partial charge is 0.494 e. The minimum absolute atomic E-state index is 0. The summed E-state index contributed by atoms with van der Waals surface area (Å²) in [7, 11) is 0.219. The third kappa shape index (κ3) is 10.2. The van der Waals surface area contributed by atoms with E-state index in [1.807, 2.05) is 30.3 Å². The SMILES string of the molecule is CCS(=O)(=O)N(C)CCCNC(=NC)NCCCOc1ccccc1.I. The van der Waals surface area contributed by atoms with Crippen molar-refractivity contribution in [1.82, 2.24) is 14.9 Å². The van der Waals surface area contributed by atoms with Crippen molar-refractivity contribution in [2.75, 3.05) is 46.1 Å². The fourth-order valence-corrected chi connectivity index (χ4v) is 2.92. The molecule has 26 heavy (non-hydrogen) atoms. The predicted molar refractivity (Wildman–Crippen MR) is 118 cm³/mol. The first-order chi connectivity index (χ1) is 12.0. The summed E-state index contributed by atoms with van der Waals surface area (Å²) in [6, 6.07) is 9.72. The normalized spacial score (nSPS) is 11.8. The van der Waals surface area contributed by atoms with Gasteiger partial charge in [0.15, 0.2) is 5.96 Å². The van der Waals surface area contributed by atoms with Crippen LogP contribution >= 0.6 is 24.0 Å². The molecule has 0 saturated heterocycles. The van der Waals surface area contributed by atoms with E-state index in [9.17, 15) is 8.42 Å². The van der Waals surface area contributed by atoms with Gasteiger partial charge in [-0.05, 0) is 31.9 Å². The Morgan fingerprint density at radius 2 is 1.77 bits per heavy atom. The zero-order valence-electron chi connectivity index (χ0n) is 15.8. The van der Waals surface area contributed by atoms with Crippen molar-refractivity contribution in [2.24, 2.45) is 4.99 Å². The Hall–Kier alpha value is -1.07. The number of nitrogens with zero attached hydrogens (tertiary/aromatic N) is 2. The summed E-state index contributed by atoms with van der Waals surface area (Å²) >= 11 is 0. The van der Waals surface area contributed by atoms with Gasteiger partial charge in [-0.2, -0.15) is 0 Å². The first kappa shape index (κ1) is 24.9. The summed E-state index contributed by atoms with van der Waals surface area (Å²) in [5.74, 6) is 1.71. The van der Waals surface area contributed by atoms with Gasteiger partial charge in [-0.1, -0.05) is 18.2 Å². The Kier molecular flexibility index (Phi) is 13.5. The number of ether oxygens (including phenoxy) is 1. The second-order valence-corrected chi connectivity index (χ2v) is 7.88. The molecule has 0 aliphatic heterocycles.